The van der Waals surface area contributed by atoms with E-state index >= 15 is 0 Å². The normalized spacial score (nSPS) is 11.4. The van der Waals surface area contributed by atoms with Gasteiger partial charge in [-0.1, -0.05) is 17.3 Å². The lowest BCUT2D eigenvalue weighted by atomic mass is 10.2. The van der Waals surface area contributed by atoms with E-state index in [4.69, 9.17) is 20.8 Å². The maximum Gasteiger partial charge on any atom is 0.170 e. The Hall–Kier alpha value is -2.05. The Kier molecular flexibility index (Phi) is 4.60. The molecule has 2 aromatic carbocycles. The molecule has 0 aliphatic carbocycles. The topological polar surface area (TPSA) is 88.1 Å². The molecule has 0 unspecified atom stereocenters. The first-order chi connectivity index (χ1) is 9.63. The highest BCUT2D eigenvalue weighted by molar-refractivity contribution is 9.10. The number of hydrogen-bond acceptors (Lipinski definition) is 4. The molecule has 2 aromatic rings. The van der Waals surface area contributed by atoms with Gasteiger partial charge in [-0.05, 0) is 51.8 Å². The summed E-state index contributed by atoms with van der Waals surface area (Å²) in [6, 6.07) is 12.2. The Balaban J connectivity index is 2.20. The van der Waals surface area contributed by atoms with Crippen LogP contribution in [0.15, 0.2) is 52.1 Å². The van der Waals surface area contributed by atoms with Gasteiger partial charge in [-0.2, -0.15) is 0 Å². The number of nitrogens with zero attached hydrogens (tertiary/aromatic N) is 1. The lowest BCUT2D eigenvalue weighted by Gasteiger charge is -2.09. The van der Waals surface area contributed by atoms with Crippen molar-refractivity contribution in [2.45, 2.75) is 6.61 Å². The highest BCUT2D eigenvalue weighted by Crippen LogP contribution is 2.30. The quantitative estimate of drug-likeness (QED) is 0.346. The number of nitrogens with two attached hydrogens (primary N) is 1. The predicted molar refractivity (Wildman–Crippen MR) is 79.1 cm³/mol. The van der Waals surface area contributed by atoms with Gasteiger partial charge in [-0.15, -0.1) is 0 Å². The number of halogens is 1. The van der Waals surface area contributed by atoms with Crippen molar-refractivity contribution in [3.63, 3.8) is 0 Å². The van der Waals surface area contributed by atoms with Crippen molar-refractivity contribution < 1.29 is 15.1 Å². The van der Waals surface area contributed by atoms with E-state index in [0.717, 1.165) is 5.56 Å². The standard InChI is InChI=1S/C14H13BrN2O3/c15-12-7-10(14(16)17-19)3-6-13(12)20-11-4-1-9(8-18)2-5-11/h1-7,18-19H,8H2,(H2,16,17). The smallest absolute Gasteiger partial charge is 0.170 e. The van der Waals surface area contributed by atoms with Gasteiger partial charge in [0, 0.05) is 5.56 Å². The van der Waals surface area contributed by atoms with E-state index in [1.54, 1.807) is 42.5 Å². The van der Waals surface area contributed by atoms with Gasteiger partial charge in [0.2, 0.25) is 0 Å². The van der Waals surface area contributed by atoms with Crippen molar-refractivity contribution in [2.75, 3.05) is 0 Å². The molecule has 0 radical (unpaired) electrons. The molecule has 0 amide bonds. The number of hydrogen-bond donors (Lipinski definition) is 3. The molecule has 20 heavy (non-hydrogen) atoms. The molecule has 0 aromatic heterocycles. The van der Waals surface area contributed by atoms with E-state index in [9.17, 15) is 0 Å². The van der Waals surface area contributed by atoms with Crippen molar-refractivity contribution in [3.8, 4) is 11.5 Å². The van der Waals surface area contributed by atoms with Crippen LogP contribution in [0.1, 0.15) is 11.1 Å². The Bertz CT molecular complexity index is 627. The molecular weight excluding hydrogens is 324 g/mol. The van der Waals surface area contributed by atoms with Crippen LogP contribution in [0.3, 0.4) is 0 Å². The fraction of sp³-hybridized carbons (Fsp3) is 0.0714. The van der Waals surface area contributed by atoms with Gasteiger partial charge in [0.15, 0.2) is 5.84 Å². The number of ether oxygens (including phenoxy) is 1. The van der Waals surface area contributed by atoms with Gasteiger partial charge >= 0.3 is 0 Å². The Labute approximate surface area is 124 Å². The van der Waals surface area contributed by atoms with Gasteiger partial charge in [0.05, 0.1) is 11.1 Å². The second-order valence-corrected chi connectivity index (χ2v) is 4.89. The van der Waals surface area contributed by atoms with Crippen LogP contribution in [0.5, 0.6) is 11.5 Å². The molecule has 0 spiro atoms. The first kappa shape index (κ1) is 14.4. The van der Waals surface area contributed by atoms with Crippen LogP contribution in [0.4, 0.5) is 0 Å². The van der Waals surface area contributed by atoms with Crippen LogP contribution >= 0.6 is 15.9 Å². The molecule has 0 heterocycles. The highest BCUT2D eigenvalue weighted by Gasteiger charge is 2.07. The average Bonchev–Trinajstić information content (AvgIpc) is 2.49. The van der Waals surface area contributed by atoms with Gasteiger partial charge in [-0.3, -0.25) is 0 Å². The van der Waals surface area contributed by atoms with Crippen LogP contribution in [-0.2, 0) is 6.61 Å². The predicted octanol–water partition coefficient (Wildman–Crippen LogP) is 2.83. The minimum atomic E-state index is -0.00154. The first-order valence-corrected chi connectivity index (χ1v) is 6.58. The molecule has 6 heteroatoms. The number of amidine groups is 1. The molecule has 5 nitrogen and oxygen atoms in total. The third kappa shape index (κ3) is 3.28. The molecule has 4 N–H and O–H groups in total. The third-order valence-corrected chi connectivity index (χ3v) is 3.29. The molecule has 0 aliphatic heterocycles. The van der Waals surface area contributed by atoms with Gasteiger partial charge in [-0.25, -0.2) is 0 Å². The van der Waals surface area contributed by atoms with Crippen molar-refractivity contribution in [3.05, 3.63) is 58.1 Å². The molecule has 0 saturated heterocycles. The average molecular weight is 337 g/mol. The summed E-state index contributed by atoms with van der Waals surface area (Å²) in [4.78, 5) is 0. The molecule has 104 valence electrons. The maximum atomic E-state index is 8.98. The van der Waals surface area contributed by atoms with Gasteiger partial charge < -0.3 is 20.8 Å². The van der Waals surface area contributed by atoms with E-state index in [1.807, 2.05) is 0 Å². The lowest BCUT2D eigenvalue weighted by molar-refractivity contribution is 0.281. The van der Waals surface area contributed by atoms with E-state index in [1.165, 1.54) is 0 Å². The summed E-state index contributed by atoms with van der Waals surface area (Å²) in [5, 5.41) is 20.5. The fourth-order valence-electron chi connectivity index (χ4n) is 1.59. The van der Waals surface area contributed by atoms with E-state index in [-0.39, 0.29) is 12.4 Å². The first-order valence-electron chi connectivity index (χ1n) is 5.79. The zero-order valence-electron chi connectivity index (χ0n) is 10.5. The molecule has 0 fully saturated rings. The molecular formula is C14H13BrN2O3. The summed E-state index contributed by atoms with van der Waals surface area (Å²) < 4.78 is 6.39. The molecule has 0 saturated carbocycles. The SMILES string of the molecule is N/C(=N/O)c1ccc(Oc2ccc(CO)cc2)c(Br)c1. The van der Waals surface area contributed by atoms with Crippen LogP contribution in [0, 0.1) is 0 Å². The fourth-order valence-corrected chi connectivity index (χ4v) is 2.05. The molecule has 2 rings (SSSR count). The summed E-state index contributed by atoms with van der Waals surface area (Å²) in [5.41, 5.74) is 6.92. The highest BCUT2D eigenvalue weighted by atomic mass is 79.9. The minimum Gasteiger partial charge on any atom is -0.456 e. The second-order valence-electron chi connectivity index (χ2n) is 4.03. The molecule has 0 aliphatic rings. The van der Waals surface area contributed by atoms with Crippen molar-refractivity contribution in [2.24, 2.45) is 10.9 Å². The van der Waals surface area contributed by atoms with Crippen LogP contribution in [0.25, 0.3) is 0 Å². The van der Waals surface area contributed by atoms with Crippen molar-refractivity contribution in [1.29, 1.82) is 0 Å². The molecule has 0 bridgehead atoms. The summed E-state index contributed by atoms with van der Waals surface area (Å²) >= 11 is 3.37. The largest absolute Gasteiger partial charge is 0.456 e. The van der Waals surface area contributed by atoms with Crippen molar-refractivity contribution in [1.82, 2.24) is 0 Å². The minimum absolute atomic E-state index is 0.00154. The van der Waals surface area contributed by atoms with Crippen LogP contribution in [0.2, 0.25) is 0 Å². The van der Waals surface area contributed by atoms with Gasteiger partial charge in [0.25, 0.3) is 0 Å². The van der Waals surface area contributed by atoms with Crippen LogP contribution < -0.4 is 10.5 Å². The number of aliphatic hydroxyl groups excluding tert-OH is 1. The zero-order valence-corrected chi connectivity index (χ0v) is 12.0. The van der Waals surface area contributed by atoms with Gasteiger partial charge in [0.1, 0.15) is 11.5 Å². The number of rotatable bonds is 4. The Morgan fingerprint density at radius 1 is 1.20 bits per heavy atom. The summed E-state index contributed by atoms with van der Waals surface area (Å²) in [6.45, 7) is -0.00154. The number of oxime groups is 1. The van der Waals surface area contributed by atoms with E-state index in [0.29, 0.717) is 21.5 Å². The monoisotopic (exact) mass is 336 g/mol. The van der Waals surface area contributed by atoms with Crippen molar-refractivity contribution >= 4 is 21.8 Å². The molecule has 0 atom stereocenters. The number of aliphatic hydroxyl groups is 1. The second kappa shape index (κ2) is 6.40. The third-order valence-electron chi connectivity index (χ3n) is 2.67. The maximum absolute atomic E-state index is 8.98. The summed E-state index contributed by atoms with van der Waals surface area (Å²) in [5.74, 6) is 1.29. The Morgan fingerprint density at radius 2 is 1.90 bits per heavy atom. The zero-order chi connectivity index (χ0) is 14.5. The number of benzene rings is 2. The van der Waals surface area contributed by atoms with E-state index in [2.05, 4.69) is 21.1 Å². The summed E-state index contributed by atoms with van der Waals surface area (Å²) in [7, 11) is 0. The van der Waals surface area contributed by atoms with Crippen LogP contribution in [-0.4, -0.2) is 16.1 Å². The Morgan fingerprint density at radius 3 is 2.45 bits per heavy atom. The summed E-state index contributed by atoms with van der Waals surface area (Å²) in [6.07, 6.45) is 0. The lowest BCUT2D eigenvalue weighted by Crippen LogP contribution is -2.12. The van der Waals surface area contributed by atoms with E-state index < -0.39 is 0 Å².